The lowest BCUT2D eigenvalue weighted by molar-refractivity contribution is 0.308. The molecule has 114 valence electrons. The summed E-state index contributed by atoms with van der Waals surface area (Å²) in [6.07, 6.45) is 2.72. The van der Waals surface area contributed by atoms with E-state index in [0.717, 1.165) is 43.1 Å². The Labute approximate surface area is 129 Å². The van der Waals surface area contributed by atoms with Crippen molar-refractivity contribution in [3.63, 3.8) is 0 Å². The molecule has 0 aliphatic heterocycles. The van der Waals surface area contributed by atoms with E-state index in [2.05, 4.69) is 27.2 Å². The van der Waals surface area contributed by atoms with Gasteiger partial charge in [0.2, 0.25) is 5.88 Å². The fourth-order valence-electron chi connectivity index (χ4n) is 1.86. The van der Waals surface area contributed by atoms with Gasteiger partial charge in [0.15, 0.2) is 0 Å². The third-order valence-corrected chi connectivity index (χ3v) is 4.04. The highest BCUT2D eigenvalue weighted by Crippen LogP contribution is 2.16. The molecule has 6 heteroatoms. The van der Waals surface area contributed by atoms with E-state index in [4.69, 9.17) is 4.74 Å². The predicted molar refractivity (Wildman–Crippen MR) is 86.2 cm³/mol. The number of rotatable bonds is 8. The normalized spacial score (nSPS) is 10.6. The topological polar surface area (TPSA) is 59.9 Å². The van der Waals surface area contributed by atoms with Crippen molar-refractivity contribution in [2.24, 2.45) is 0 Å². The predicted octanol–water partition coefficient (Wildman–Crippen LogP) is 3.25. The molecule has 1 N–H and O–H groups in total. The lowest BCUT2D eigenvalue weighted by Crippen LogP contribution is -2.08. The van der Waals surface area contributed by atoms with Gasteiger partial charge in [-0.25, -0.2) is 9.97 Å². The molecule has 2 rings (SSSR count). The van der Waals surface area contributed by atoms with Gasteiger partial charge >= 0.3 is 0 Å². The van der Waals surface area contributed by atoms with Crippen LogP contribution in [0.5, 0.6) is 5.88 Å². The van der Waals surface area contributed by atoms with Crippen LogP contribution >= 0.6 is 11.3 Å². The first-order valence-corrected chi connectivity index (χ1v) is 8.24. The molecule has 0 saturated heterocycles. The molecule has 2 aromatic rings. The maximum atomic E-state index is 5.79. The van der Waals surface area contributed by atoms with E-state index in [9.17, 15) is 0 Å². The molecular formula is C15H22N4OS. The number of hydrogen-bond donors (Lipinski definition) is 1. The average Bonchev–Trinajstić information content (AvgIpc) is 2.90. The fraction of sp³-hybridized carbons (Fsp3) is 0.533. The Morgan fingerprint density at radius 2 is 2.14 bits per heavy atom. The van der Waals surface area contributed by atoms with Crippen molar-refractivity contribution in [1.29, 1.82) is 0 Å². The van der Waals surface area contributed by atoms with Crippen LogP contribution in [0.15, 0.2) is 11.6 Å². The summed E-state index contributed by atoms with van der Waals surface area (Å²) in [6, 6.07) is 1.87. The van der Waals surface area contributed by atoms with Gasteiger partial charge in [-0.3, -0.25) is 0 Å². The smallest absolute Gasteiger partial charge is 0.218 e. The Balaban J connectivity index is 1.96. The maximum Gasteiger partial charge on any atom is 0.218 e. The van der Waals surface area contributed by atoms with E-state index in [1.807, 2.05) is 25.4 Å². The lowest BCUT2D eigenvalue weighted by atomic mass is 10.3. The Hall–Kier alpha value is -1.69. The van der Waals surface area contributed by atoms with Gasteiger partial charge in [0.1, 0.15) is 11.6 Å². The van der Waals surface area contributed by atoms with Crippen LogP contribution in [0.25, 0.3) is 0 Å². The molecule has 0 spiro atoms. The van der Waals surface area contributed by atoms with E-state index in [1.54, 1.807) is 11.3 Å². The Bertz CT molecular complexity index is 571. The van der Waals surface area contributed by atoms with Crippen molar-refractivity contribution in [3.8, 4) is 5.88 Å². The van der Waals surface area contributed by atoms with E-state index in [-0.39, 0.29) is 0 Å². The molecule has 0 aliphatic carbocycles. The van der Waals surface area contributed by atoms with Crippen LogP contribution in [0.1, 0.15) is 36.7 Å². The molecule has 5 nitrogen and oxygen atoms in total. The SMILES string of the molecule is CCCNc1cc(OCCc2scnc2C)nc(CC)n1. The molecule has 0 bridgehead atoms. The van der Waals surface area contributed by atoms with Gasteiger partial charge in [-0.2, -0.15) is 4.98 Å². The number of hydrogen-bond acceptors (Lipinski definition) is 6. The first-order valence-electron chi connectivity index (χ1n) is 7.36. The Morgan fingerprint density at radius 3 is 2.81 bits per heavy atom. The zero-order valence-corrected chi connectivity index (χ0v) is 13.7. The van der Waals surface area contributed by atoms with Crippen LogP contribution in [0, 0.1) is 6.92 Å². The van der Waals surface area contributed by atoms with Gasteiger partial charge < -0.3 is 10.1 Å². The maximum absolute atomic E-state index is 5.79. The van der Waals surface area contributed by atoms with Gasteiger partial charge in [0.05, 0.1) is 17.8 Å². The zero-order chi connectivity index (χ0) is 15.1. The van der Waals surface area contributed by atoms with Crippen LogP contribution < -0.4 is 10.1 Å². The minimum atomic E-state index is 0.608. The van der Waals surface area contributed by atoms with Crippen LogP contribution in [0.4, 0.5) is 5.82 Å². The highest BCUT2D eigenvalue weighted by atomic mass is 32.1. The molecule has 0 saturated carbocycles. The number of aryl methyl sites for hydroxylation is 2. The molecule has 0 unspecified atom stereocenters. The van der Waals surface area contributed by atoms with Gasteiger partial charge in [0, 0.05) is 30.3 Å². The van der Waals surface area contributed by atoms with Crippen molar-refractivity contribution in [1.82, 2.24) is 15.0 Å². The highest BCUT2D eigenvalue weighted by Gasteiger charge is 2.06. The Kier molecular flexibility index (Phi) is 5.92. The number of aromatic nitrogens is 3. The van der Waals surface area contributed by atoms with Crippen molar-refractivity contribution in [3.05, 3.63) is 28.0 Å². The van der Waals surface area contributed by atoms with E-state index in [0.29, 0.717) is 12.5 Å². The Morgan fingerprint density at radius 1 is 1.29 bits per heavy atom. The largest absolute Gasteiger partial charge is 0.477 e. The summed E-state index contributed by atoms with van der Waals surface area (Å²) in [4.78, 5) is 14.4. The highest BCUT2D eigenvalue weighted by molar-refractivity contribution is 7.09. The average molecular weight is 306 g/mol. The van der Waals surface area contributed by atoms with Crippen molar-refractivity contribution in [2.75, 3.05) is 18.5 Å². The van der Waals surface area contributed by atoms with E-state index >= 15 is 0 Å². The minimum absolute atomic E-state index is 0.608. The molecule has 0 amide bonds. The molecule has 0 fully saturated rings. The summed E-state index contributed by atoms with van der Waals surface area (Å²) >= 11 is 1.67. The van der Waals surface area contributed by atoms with Crippen molar-refractivity contribution < 1.29 is 4.74 Å². The van der Waals surface area contributed by atoms with Crippen LogP contribution in [-0.2, 0) is 12.8 Å². The molecule has 0 radical (unpaired) electrons. The van der Waals surface area contributed by atoms with Gasteiger partial charge in [-0.05, 0) is 13.3 Å². The minimum Gasteiger partial charge on any atom is -0.477 e. The molecule has 0 atom stereocenters. The van der Waals surface area contributed by atoms with Gasteiger partial charge in [-0.1, -0.05) is 13.8 Å². The first-order chi connectivity index (χ1) is 10.2. The van der Waals surface area contributed by atoms with Crippen LogP contribution in [-0.4, -0.2) is 28.1 Å². The number of nitrogens with zero attached hydrogens (tertiary/aromatic N) is 3. The molecule has 0 aliphatic rings. The van der Waals surface area contributed by atoms with Crippen molar-refractivity contribution in [2.45, 2.75) is 40.0 Å². The first kappa shape index (κ1) is 15.7. The van der Waals surface area contributed by atoms with Crippen molar-refractivity contribution >= 4 is 17.2 Å². The lowest BCUT2D eigenvalue weighted by Gasteiger charge is -2.09. The third-order valence-electron chi connectivity index (χ3n) is 3.05. The zero-order valence-electron chi connectivity index (χ0n) is 12.8. The molecule has 2 aromatic heterocycles. The second-order valence-electron chi connectivity index (χ2n) is 4.75. The molecule has 2 heterocycles. The fourth-order valence-corrected chi connectivity index (χ4v) is 2.63. The van der Waals surface area contributed by atoms with E-state index < -0.39 is 0 Å². The molecule has 0 aromatic carbocycles. The van der Waals surface area contributed by atoms with Gasteiger partial charge in [0.25, 0.3) is 0 Å². The summed E-state index contributed by atoms with van der Waals surface area (Å²) in [7, 11) is 0. The quantitative estimate of drug-likeness (QED) is 0.811. The summed E-state index contributed by atoms with van der Waals surface area (Å²) in [6.45, 7) is 7.71. The molecular weight excluding hydrogens is 284 g/mol. The molecule has 21 heavy (non-hydrogen) atoms. The standard InChI is InChI=1S/C15H22N4OS/c1-4-7-16-14-9-15(19-13(5-2)18-14)20-8-6-12-11(3)17-10-21-12/h9-10H,4-8H2,1-3H3,(H,16,18,19). The number of anilines is 1. The summed E-state index contributed by atoms with van der Waals surface area (Å²) < 4.78 is 5.79. The van der Waals surface area contributed by atoms with Crippen LogP contribution in [0.3, 0.4) is 0 Å². The number of nitrogens with one attached hydrogen (secondary N) is 1. The number of thiazole rings is 1. The van der Waals surface area contributed by atoms with Gasteiger partial charge in [-0.15, -0.1) is 11.3 Å². The summed E-state index contributed by atoms with van der Waals surface area (Å²) in [5.74, 6) is 2.29. The third kappa shape index (κ3) is 4.67. The number of ether oxygens (including phenoxy) is 1. The second-order valence-corrected chi connectivity index (χ2v) is 5.69. The second kappa shape index (κ2) is 7.93. The van der Waals surface area contributed by atoms with E-state index in [1.165, 1.54) is 4.88 Å². The summed E-state index contributed by atoms with van der Waals surface area (Å²) in [5, 5.41) is 3.28. The monoisotopic (exact) mass is 306 g/mol. The van der Waals surface area contributed by atoms with Crippen LogP contribution in [0.2, 0.25) is 0 Å². The summed E-state index contributed by atoms with van der Waals surface area (Å²) in [5.41, 5.74) is 2.96.